The number of rotatable bonds is 11. The van der Waals surface area contributed by atoms with E-state index in [-0.39, 0.29) is 55.8 Å². The Morgan fingerprint density at radius 2 is 1.86 bits per heavy atom. The number of amides is 4. The minimum atomic E-state index is -1.17. The predicted octanol–water partition coefficient (Wildman–Crippen LogP) is 4.02. The van der Waals surface area contributed by atoms with Crippen LogP contribution in [0, 0.1) is 11.3 Å². The summed E-state index contributed by atoms with van der Waals surface area (Å²) in [6.07, 6.45) is 2.94. The second-order valence-electron chi connectivity index (χ2n) is 18.4. The average Bonchev–Trinajstić information content (AvgIpc) is 4.09. The average molecular weight is 879 g/mol. The lowest BCUT2D eigenvalue weighted by Gasteiger charge is -2.36. The van der Waals surface area contributed by atoms with Gasteiger partial charge in [-0.1, -0.05) is 39.8 Å². The third-order valence-electron chi connectivity index (χ3n) is 12.5. The molecule has 64 heavy (non-hydrogen) atoms. The van der Waals surface area contributed by atoms with E-state index in [1.807, 2.05) is 25.1 Å². The number of esters is 1. The van der Waals surface area contributed by atoms with Crippen molar-refractivity contribution in [1.29, 1.82) is 0 Å². The van der Waals surface area contributed by atoms with Crippen LogP contribution in [0.15, 0.2) is 54.7 Å². The summed E-state index contributed by atoms with van der Waals surface area (Å²) >= 11 is 0. The second-order valence-corrected chi connectivity index (χ2v) is 18.4. The SMILES string of the molecule is CCn1c(-c2cccnc2[C@H](C)OC)c2c3cc(ccc31)-c1cc(O)cc(c1)C[C@H](NC(=O)[C@H](C(C)C)N(C)C(=O)CNC(=O)[C@H]1CN1)C(=O)N1CCC[C@H](N1)C(=O)OCC(C)(C)C2. The summed E-state index contributed by atoms with van der Waals surface area (Å²) in [6.45, 7) is 13.1. The lowest BCUT2D eigenvalue weighted by Crippen LogP contribution is -2.62. The number of aromatic nitrogens is 2. The van der Waals surface area contributed by atoms with Gasteiger partial charge in [-0.25, -0.2) is 5.43 Å². The molecule has 5 N–H and O–H groups in total. The van der Waals surface area contributed by atoms with Gasteiger partial charge in [0.2, 0.25) is 17.7 Å². The third kappa shape index (κ3) is 9.93. The number of nitrogens with one attached hydrogen (secondary N) is 4. The van der Waals surface area contributed by atoms with Crippen molar-refractivity contribution < 1.29 is 38.6 Å². The molecule has 4 aromatic rings. The van der Waals surface area contributed by atoms with Gasteiger partial charge in [0.15, 0.2) is 0 Å². The molecular weight excluding hydrogens is 817 g/mol. The Bertz CT molecular complexity index is 2430. The van der Waals surface area contributed by atoms with Crippen LogP contribution in [0.5, 0.6) is 5.75 Å². The Morgan fingerprint density at radius 1 is 1.09 bits per heavy atom. The molecule has 4 amide bonds. The number of fused-ring (bicyclic) bond motifs is 6. The van der Waals surface area contributed by atoms with Crippen molar-refractivity contribution in [1.82, 2.24) is 40.8 Å². The molecule has 5 heterocycles. The third-order valence-corrected chi connectivity index (χ3v) is 12.5. The van der Waals surface area contributed by atoms with Gasteiger partial charge in [0.05, 0.1) is 36.7 Å². The number of cyclic esters (lactones) is 1. The van der Waals surface area contributed by atoms with Gasteiger partial charge in [-0.2, -0.15) is 0 Å². The molecule has 0 unspecified atom stereocenters. The maximum absolute atomic E-state index is 14.6. The van der Waals surface area contributed by atoms with Crippen molar-refractivity contribution in [2.75, 3.05) is 40.4 Å². The Kier molecular flexibility index (Phi) is 13.8. The molecule has 2 aromatic carbocycles. The van der Waals surface area contributed by atoms with E-state index in [1.165, 1.54) is 17.0 Å². The molecule has 3 aliphatic heterocycles. The van der Waals surface area contributed by atoms with Gasteiger partial charge < -0.3 is 40.0 Å². The number of aryl methyl sites for hydroxylation is 1. The maximum atomic E-state index is 14.6. The summed E-state index contributed by atoms with van der Waals surface area (Å²) in [5.74, 6) is -2.70. The number of nitrogens with zero attached hydrogens (tertiary/aromatic N) is 4. The molecular formula is C48H62N8O8. The highest BCUT2D eigenvalue weighted by atomic mass is 16.5. The summed E-state index contributed by atoms with van der Waals surface area (Å²) in [4.78, 5) is 74.4. The molecule has 2 saturated heterocycles. The summed E-state index contributed by atoms with van der Waals surface area (Å²) in [7, 11) is 3.17. The van der Waals surface area contributed by atoms with Gasteiger partial charge in [0.1, 0.15) is 23.9 Å². The van der Waals surface area contributed by atoms with E-state index in [2.05, 4.69) is 64.9 Å². The number of methoxy groups -OCH3 is 1. The van der Waals surface area contributed by atoms with Crippen molar-refractivity contribution in [3.63, 3.8) is 0 Å². The minimum absolute atomic E-state index is 0.0194. The first-order valence-electron chi connectivity index (χ1n) is 22.3. The van der Waals surface area contributed by atoms with E-state index in [0.29, 0.717) is 43.5 Å². The highest BCUT2D eigenvalue weighted by Gasteiger charge is 2.38. The standard InChI is InChI=1S/C48H62N8O8/c1-9-55-39-15-14-30-22-34(39)35(43(55)33-12-10-16-49-41(33)28(4)63-8)23-48(5,6)26-64-47(62)36-13-11-17-56(53-36)46(61)37(20-29-18-31(30)21-32(57)19-29)52-45(60)42(27(2)3)54(7)40(58)25-51-44(59)38-24-50-38/h10,12,14-16,18-19,21-22,27-28,36-38,42,50,53,57H,9,11,13,17,20,23-26H2,1-8H3,(H,51,59)(H,52,60)/t28-,36-,37-,38+,42-/m0/s1. The normalized spacial score (nSPS) is 20.8. The van der Waals surface area contributed by atoms with Crippen LogP contribution in [0.25, 0.3) is 33.3 Å². The van der Waals surface area contributed by atoms with Crippen LogP contribution < -0.4 is 21.4 Å². The quantitative estimate of drug-likeness (QED) is 0.108. The fourth-order valence-corrected chi connectivity index (χ4v) is 9.06. The molecule has 342 valence electrons. The van der Waals surface area contributed by atoms with E-state index in [9.17, 15) is 29.1 Å². The summed E-state index contributed by atoms with van der Waals surface area (Å²) in [6, 6.07) is 12.1. The summed E-state index contributed by atoms with van der Waals surface area (Å²) < 4.78 is 14.2. The Hall–Kier alpha value is -5.84. The van der Waals surface area contributed by atoms with Crippen LogP contribution in [-0.2, 0) is 52.8 Å². The first kappa shape index (κ1) is 46.2. The zero-order valence-corrected chi connectivity index (χ0v) is 38.1. The molecule has 0 spiro atoms. The lowest BCUT2D eigenvalue weighted by atomic mass is 9.84. The minimum Gasteiger partial charge on any atom is -0.508 e. The molecule has 2 aromatic heterocycles. The van der Waals surface area contributed by atoms with Gasteiger partial charge in [0.25, 0.3) is 5.91 Å². The number of pyridine rings is 1. The van der Waals surface area contributed by atoms with Gasteiger partial charge >= 0.3 is 5.97 Å². The zero-order valence-electron chi connectivity index (χ0n) is 38.1. The van der Waals surface area contributed by atoms with E-state index in [0.717, 1.165) is 39.0 Å². The van der Waals surface area contributed by atoms with Gasteiger partial charge in [-0.3, -0.25) is 34.0 Å². The number of benzene rings is 2. The number of phenols is 1. The fourth-order valence-electron chi connectivity index (χ4n) is 9.06. The first-order valence-corrected chi connectivity index (χ1v) is 22.3. The van der Waals surface area contributed by atoms with Crippen LogP contribution >= 0.6 is 0 Å². The number of ether oxygens (including phenoxy) is 2. The highest BCUT2D eigenvalue weighted by Crippen LogP contribution is 2.42. The molecule has 7 rings (SSSR count). The van der Waals surface area contributed by atoms with Crippen molar-refractivity contribution in [2.24, 2.45) is 11.3 Å². The number of hydrogen-bond donors (Lipinski definition) is 5. The Morgan fingerprint density at radius 3 is 2.56 bits per heavy atom. The van der Waals surface area contributed by atoms with Crippen LogP contribution in [0.2, 0.25) is 0 Å². The number of carbonyl (C=O) groups is 5. The molecule has 0 aliphatic carbocycles. The molecule has 3 aliphatic rings. The smallest absolute Gasteiger partial charge is 0.324 e. The fraction of sp³-hybridized carbons (Fsp3) is 0.500. The molecule has 6 bridgehead atoms. The zero-order chi connectivity index (χ0) is 46.0. The van der Waals surface area contributed by atoms with Crippen molar-refractivity contribution >= 4 is 40.5 Å². The molecule has 5 atom stereocenters. The van der Waals surface area contributed by atoms with Gasteiger partial charge in [-0.15, -0.1) is 0 Å². The first-order chi connectivity index (χ1) is 30.5. The van der Waals surface area contributed by atoms with Crippen molar-refractivity contribution in [3.8, 4) is 28.1 Å². The topological polar surface area (TPSA) is 206 Å². The van der Waals surface area contributed by atoms with E-state index in [1.54, 1.807) is 39.3 Å². The Labute approximate surface area is 374 Å². The summed E-state index contributed by atoms with van der Waals surface area (Å²) in [5, 5.41) is 22.1. The molecule has 2 fully saturated rings. The van der Waals surface area contributed by atoms with E-state index >= 15 is 0 Å². The molecule has 16 heteroatoms. The van der Waals surface area contributed by atoms with E-state index in [4.69, 9.17) is 14.5 Å². The van der Waals surface area contributed by atoms with Crippen LogP contribution in [0.3, 0.4) is 0 Å². The number of aromatic hydroxyl groups is 1. The van der Waals surface area contributed by atoms with Crippen LogP contribution in [-0.4, -0.2) is 119 Å². The second kappa shape index (κ2) is 19.1. The van der Waals surface area contributed by atoms with Crippen molar-refractivity contribution in [3.05, 3.63) is 71.5 Å². The highest BCUT2D eigenvalue weighted by molar-refractivity contribution is 5.96. The summed E-state index contributed by atoms with van der Waals surface area (Å²) in [5.41, 5.74) is 9.47. The number of carbonyl (C=O) groups excluding carboxylic acids is 5. The lowest BCUT2D eigenvalue weighted by molar-refractivity contribution is -0.155. The molecule has 0 saturated carbocycles. The largest absolute Gasteiger partial charge is 0.508 e. The molecule has 0 radical (unpaired) electrons. The Balaban J connectivity index is 1.31. The van der Waals surface area contributed by atoms with E-state index < -0.39 is 47.2 Å². The van der Waals surface area contributed by atoms with Crippen LogP contribution in [0.4, 0.5) is 0 Å². The number of hydrogen-bond acceptors (Lipinski definition) is 11. The molecule has 16 nitrogen and oxygen atoms in total. The number of hydrazine groups is 1. The number of likely N-dealkylation sites (N-methyl/N-ethyl adjacent to an activating group) is 1. The predicted molar refractivity (Wildman–Crippen MR) is 242 cm³/mol. The van der Waals surface area contributed by atoms with Crippen molar-refractivity contribution in [2.45, 2.75) is 104 Å². The maximum Gasteiger partial charge on any atom is 0.324 e. The van der Waals surface area contributed by atoms with Crippen LogP contribution in [0.1, 0.15) is 77.3 Å². The van der Waals surface area contributed by atoms with Gasteiger partial charge in [-0.05, 0) is 97.7 Å². The number of phenolic OH excluding ortho intramolecular Hbond substituents is 1. The van der Waals surface area contributed by atoms with Gasteiger partial charge in [0, 0.05) is 68.3 Å². The monoisotopic (exact) mass is 878 g/mol.